The largest absolute Gasteiger partial charge is 0.449 e. The van der Waals surface area contributed by atoms with Gasteiger partial charge in [-0.05, 0) is 47.0 Å². The van der Waals surface area contributed by atoms with Crippen molar-refractivity contribution in [3.8, 4) is 11.3 Å². The van der Waals surface area contributed by atoms with Gasteiger partial charge >= 0.3 is 0 Å². The molecule has 4 rings (SSSR count). The van der Waals surface area contributed by atoms with E-state index in [0.717, 1.165) is 16.9 Å². The number of nitrogen functional groups attached to an aromatic ring is 2. The van der Waals surface area contributed by atoms with Crippen LogP contribution in [0, 0.1) is 0 Å². The topological polar surface area (TPSA) is 109 Å². The second-order valence-corrected chi connectivity index (χ2v) is 6.54. The molecule has 7 nitrogen and oxygen atoms in total. The number of nitrogens with two attached hydrogens (primary N) is 2. The van der Waals surface area contributed by atoms with Crippen molar-refractivity contribution in [2.45, 2.75) is 13.0 Å². The van der Waals surface area contributed by atoms with Gasteiger partial charge in [-0.25, -0.2) is 9.67 Å². The molecule has 1 aromatic carbocycles. The quantitative estimate of drug-likeness (QED) is 0.549. The van der Waals surface area contributed by atoms with Crippen molar-refractivity contribution in [1.82, 2.24) is 20.0 Å². The van der Waals surface area contributed by atoms with Crippen LogP contribution < -0.4 is 11.5 Å². The van der Waals surface area contributed by atoms with E-state index in [1.807, 2.05) is 12.3 Å². The predicted molar refractivity (Wildman–Crippen MR) is 104 cm³/mol. The van der Waals surface area contributed by atoms with E-state index >= 15 is 0 Å². The lowest BCUT2D eigenvalue weighted by Gasteiger charge is -2.04. The first-order chi connectivity index (χ1) is 13.1. The van der Waals surface area contributed by atoms with Gasteiger partial charge in [0.15, 0.2) is 5.22 Å². The fourth-order valence-electron chi connectivity index (χ4n) is 2.80. The van der Waals surface area contributed by atoms with Crippen molar-refractivity contribution in [2.75, 3.05) is 11.5 Å². The number of hydrogen-bond donors (Lipinski definition) is 2. The highest BCUT2D eigenvalue weighted by Gasteiger charge is 2.09. The Morgan fingerprint density at radius 2 is 1.74 bits per heavy atom. The molecule has 0 atom stereocenters. The summed E-state index contributed by atoms with van der Waals surface area (Å²) in [5.41, 5.74) is 15.2. The number of rotatable bonds is 5. The Morgan fingerprint density at radius 3 is 2.44 bits per heavy atom. The molecule has 0 spiro atoms. The molecule has 4 aromatic rings. The first-order valence-corrected chi connectivity index (χ1v) is 8.69. The maximum Gasteiger partial charge on any atom is 0.193 e. The van der Waals surface area contributed by atoms with Crippen LogP contribution in [-0.2, 0) is 13.0 Å². The van der Waals surface area contributed by atoms with Gasteiger partial charge in [0.05, 0.1) is 12.7 Å². The lowest BCUT2D eigenvalue weighted by atomic mass is 10.1. The molecule has 0 bridgehead atoms. The molecule has 0 amide bonds. The van der Waals surface area contributed by atoms with Gasteiger partial charge < -0.3 is 15.9 Å². The van der Waals surface area contributed by atoms with Crippen LogP contribution in [0.25, 0.3) is 11.3 Å². The van der Waals surface area contributed by atoms with Gasteiger partial charge in [0.25, 0.3) is 0 Å². The number of furan rings is 1. The van der Waals surface area contributed by atoms with Crippen LogP contribution >= 0.6 is 11.6 Å². The number of halogens is 1. The van der Waals surface area contributed by atoms with Gasteiger partial charge in [0, 0.05) is 12.0 Å². The first-order valence-electron chi connectivity index (χ1n) is 8.31. The molecule has 3 heterocycles. The summed E-state index contributed by atoms with van der Waals surface area (Å²) < 4.78 is 7.15. The number of nitrogens with zero attached hydrogens (tertiary/aromatic N) is 4. The van der Waals surface area contributed by atoms with Crippen molar-refractivity contribution >= 4 is 23.2 Å². The number of pyridine rings is 1. The lowest BCUT2D eigenvalue weighted by molar-refractivity contribution is 0.523. The maximum atomic E-state index is 5.91. The highest BCUT2D eigenvalue weighted by atomic mass is 35.5. The van der Waals surface area contributed by atoms with Gasteiger partial charge in [-0.15, -0.1) is 5.10 Å². The van der Waals surface area contributed by atoms with Gasteiger partial charge in [-0.3, -0.25) is 0 Å². The second kappa shape index (κ2) is 7.13. The number of benzene rings is 1. The summed E-state index contributed by atoms with van der Waals surface area (Å²) in [6.07, 6.45) is 2.53. The van der Waals surface area contributed by atoms with Crippen LogP contribution in [0.15, 0.2) is 59.1 Å². The minimum absolute atomic E-state index is 0.337. The fraction of sp³-hybridized carbons (Fsp3) is 0.105. The molecule has 0 saturated carbocycles. The summed E-state index contributed by atoms with van der Waals surface area (Å²) in [7, 11) is 0. The van der Waals surface area contributed by atoms with E-state index in [9.17, 15) is 0 Å². The fourth-order valence-corrected chi connectivity index (χ4v) is 2.97. The van der Waals surface area contributed by atoms with E-state index in [4.69, 9.17) is 27.5 Å². The molecule has 3 aromatic heterocycles. The molecule has 0 unspecified atom stereocenters. The zero-order chi connectivity index (χ0) is 18.8. The Balaban J connectivity index is 1.46. The minimum Gasteiger partial charge on any atom is -0.449 e. The SMILES string of the molecule is Nc1ccc(-c2cn(Cc3ccc(Cc4ccc(Cl)o4)cc3)nn2)c(N)n1. The number of hydrogen-bond acceptors (Lipinski definition) is 6. The summed E-state index contributed by atoms with van der Waals surface area (Å²) in [5, 5.41) is 8.75. The molecule has 0 aliphatic carbocycles. The van der Waals surface area contributed by atoms with Crippen molar-refractivity contribution in [3.05, 3.63) is 76.8 Å². The lowest BCUT2D eigenvalue weighted by Crippen LogP contribution is -2.00. The molecule has 0 aliphatic rings. The van der Waals surface area contributed by atoms with Crippen molar-refractivity contribution in [2.24, 2.45) is 0 Å². The Hall–Kier alpha value is -3.32. The molecule has 4 N–H and O–H groups in total. The van der Waals surface area contributed by atoms with Gasteiger partial charge in [-0.1, -0.05) is 29.5 Å². The smallest absolute Gasteiger partial charge is 0.193 e. The number of anilines is 2. The Labute approximate surface area is 160 Å². The van der Waals surface area contributed by atoms with E-state index in [1.54, 1.807) is 22.9 Å². The molecule has 27 heavy (non-hydrogen) atoms. The van der Waals surface area contributed by atoms with Crippen LogP contribution in [0.5, 0.6) is 0 Å². The predicted octanol–water partition coefficient (Wildman–Crippen LogP) is 3.39. The maximum absolute atomic E-state index is 5.91. The van der Waals surface area contributed by atoms with Crippen molar-refractivity contribution < 1.29 is 4.42 Å². The third-order valence-electron chi connectivity index (χ3n) is 4.14. The van der Waals surface area contributed by atoms with Crippen LogP contribution in [0.2, 0.25) is 5.22 Å². The Bertz CT molecular complexity index is 1070. The molecular formula is C19H17ClN6O. The van der Waals surface area contributed by atoms with Crippen LogP contribution in [0.1, 0.15) is 16.9 Å². The normalized spacial score (nSPS) is 11.0. The van der Waals surface area contributed by atoms with Crippen LogP contribution in [-0.4, -0.2) is 20.0 Å². The summed E-state index contributed by atoms with van der Waals surface area (Å²) in [5.74, 6) is 1.55. The zero-order valence-corrected chi connectivity index (χ0v) is 15.1. The molecular weight excluding hydrogens is 364 g/mol. The van der Waals surface area contributed by atoms with E-state index < -0.39 is 0 Å². The highest BCUT2D eigenvalue weighted by molar-refractivity contribution is 6.28. The molecule has 0 aliphatic heterocycles. The summed E-state index contributed by atoms with van der Waals surface area (Å²) in [6, 6.07) is 15.3. The van der Waals surface area contributed by atoms with Crippen LogP contribution in [0.3, 0.4) is 0 Å². The van der Waals surface area contributed by atoms with E-state index in [-0.39, 0.29) is 0 Å². The molecule has 0 fully saturated rings. The van der Waals surface area contributed by atoms with Gasteiger partial charge in [0.2, 0.25) is 0 Å². The van der Waals surface area contributed by atoms with E-state index in [1.165, 1.54) is 0 Å². The summed E-state index contributed by atoms with van der Waals surface area (Å²) >= 11 is 5.81. The molecule has 8 heteroatoms. The number of aromatic nitrogens is 4. The first kappa shape index (κ1) is 17.1. The molecule has 0 radical (unpaired) electrons. The Morgan fingerprint density at radius 1 is 0.963 bits per heavy atom. The average Bonchev–Trinajstić information content (AvgIpc) is 3.26. The monoisotopic (exact) mass is 380 g/mol. The van der Waals surface area contributed by atoms with E-state index in [2.05, 4.69) is 39.6 Å². The summed E-state index contributed by atoms with van der Waals surface area (Å²) in [4.78, 5) is 4.05. The highest BCUT2D eigenvalue weighted by Crippen LogP contribution is 2.23. The molecule has 136 valence electrons. The van der Waals surface area contributed by atoms with E-state index in [0.29, 0.717) is 41.1 Å². The minimum atomic E-state index is 0.337. The zero-order valence-electron chi connectivity index (χ0n) is 14.3. The average molecular weight is 381 g/mol. The molecule has 0 saturated heterocycles. The third-order valence-corrected chi connectivity index (χ3v) is 4.34. The second-order valence-electron chi connectivity index (χ2n) is 6.17. The van der Waals surface area contributed by atoms with Crippen molar-refractivity contribution in [1.29, 1.82) is 0 Å². The Kier molecular flexibility index (Phi) is 4.52. The summed E-state index contributed by atoms with van der Waals surface area (Å²) in [6.45, 7) is 0.599. The standard InChI is InChI=1S/C19H17ClN6O/c20-17-7-5-14(27-17)9-12-1-3-13(4-2-12)10-26-11-16(24-25-26)15-6-8-18(21)23-19(15)22/h1-8,11H,9-10H2,(H4,21,22,23). The van der Waals surface area contributed by atoms with Crippen LogP contribution in [0.4, 0.5) is 11.6 Å². The van der Waals surface area contributed by atoms with Gasteiger partial charge in [0.1, 0.15) is 23.1 Å². The van der Waals surface area contributed by atoms with Gasteiger partial charge in [-0.2, -0.15) is 0 Å². The van der Waals surface area contributed by atoms with Crippen molar-refractivity contribution in [3.63, 3.8) is 0 Å². The third kappa shape index (κ3) is 3.93.